The van der Waals surface area contributed by atoms with Crippen molar-refractivity contribution in [3.8, 4) is 0 Å². The van der Waals surface area contributed by atoms with Gasteiger partial charge < -0.3 is 9.47 Å². The van der Waals surface area contributed by atoms with Crippen molar-refractivity contribution in [2.24, 2.45) is 0 Å². The molecule has 3 nitrogen and oxygen atoms in total. The van der Waals surface area contributed by atoms with Gasteiger partial charge in [0.15, 0.2) is 0 Å². The predicted octanol–water partition coefficient (Wildman–Crippen LogP) is 10.0. The highest BCUT2D eigenvalue weighted by Gasteiger charge is 2.43. The Morgan fingerprint density at radius 3 is 1.35 bits per heavy atom. The molecule has 0 aliphatic carbocycles. The summed E-state index contributed by atoms with van der Waals surface area (Å²) in [5.74, 6) is -1.51. The molecule has 2 aromatic rings. The van der Waals surface area contributed by atoms with E-state index in [1.54, 1.807) is 0 Å². The Balaban J connectivity index is 2.01. The fourth-order valence-corrected chi connectivity index (χ4v) is 4.81. The van der Waals surface area contributed by atoms with Crippen LogP contribution in [0, 0.1) is 0 Å². The van der Waals surface area contributed by atoms with E-state index in [4.69, 9.17) is 9.47 Å². The van der Waals surface area contributed by atoms with Gasteiger partial charge in [0.2, 0.25) is 5.78 Å². The maximum absolute atomic E-state index is 14.0. The van der Waals surface area contributed by atoms with Crippen LogP contribution in [-0.2, 0) is 15.3 Å². The third-order valence-corrected chi connectivity index (χ3v) is 7.10. The second-order valence-electron chi connectivity index (χ2n) is 10.3. The van der Waals surface area contributed by atoms with E-state index in [1.807, 2.05) is 60.7 Å². The number of hydrogen-bond acceptors (Lipinski definition) is 3. The zero-order chi connectivity index (χ0) is 26.4. The van der Waals surface area contributed by atoms with Crippen LogP contribution in [-0.4, -0.2) is 19.0 Å². The molecular weight excluding hydrogens is 456 g/mol. The number of rotatable bonds is 23. The molecule has 0 heterocycles. The van der Waals surface area contributed by atoms with Crippen LogP contribution >= 0.6 is 0 Å². The average molecular weight is 509 g/mol. The van der Waals surface area contributed by atoms with Crippen LogP contribution in [0.4, 0.5) is 0 Å². The number of ketones is 1. The maximum atomic E-state index is 14.0. The first kappa shape index (κ1) is 31.2. The first-order valence-electron chi connectivity index (χ1n) is 15.2. The highest BCUT2D eigenvalue weighted by molar-refractivity contribution is 6.02. The van der Waals surface area contributed by atoms with Gasteiger partial charge in [-0.3, -0.25) is 4.79 Å². The number of carbonyl (C=O) groups excluding carboxylic acids is 1. The smallest absolute Gasteiger partial charge is 0.261 e. The molecule has 0 unspecified atom stereocenters. The minimum atomic E-state index is -1.40. The quantitative estimate of drug-likeness (QED) is 0.0851. The predicted molar refractivity (Wildman–Crippen MR) is 156 cm³/mol. The monoisotopic (exact) mass is 508 g/mol. The van der Waals surface area contributed by atoms with Crippen LogP contribution in [0.3, 0.4) is 0 Å². The lowest BCUT2D eigenvalue weighted by Gasteiger charge is -2.33. The van der Waals surface area contributed by atoms with Crippen LogP contribution in [0.5, 0.6) is 0 Å². The van der Waals surface area contributed by atoms with Crippen molar-refractivity contribution in [3.05, 3.63) is 71.8 Å². The van der Waals surface area contributed by atoms with Gasteiger partial charge >= 0.3 is 0 Å². The average Bonchev–Trinajstić information content (AvgIpc) is 2.95. The van der Waals surface area contributed by atoms with Crippen LogP contribution in [0.25, 0.3) is 0 Å². The molecule has 0 radical (unpaired) electrons. The first-order valence-corrected chi connectivity index (χ1v) is 15.2. The Labute approximate surface area is 227 Å². The molecule has 0 fully saturated rings. The highest BCUT2D eigenvalue weighted by atomic mass is 16.7. The first-order chi connectivity index (χ1) is 18.2. The van der Waals surface area contributed by atoms with Gasteiger partial charge in [0.25, 0.3) is 5.79 Å². The molecule has 0 aliphatic heterocycles. The van der Waals surface area contributed by atoms with E-state index in [2.05, 4.69) is 13.8 Å². The lowest BCUT2D eigenvalue weighted by Crippen LogP contribution is -2.42. The Morgan fingerprint density at radius 1 is 0.541 bits per heavy atom. The topological polar surface area (TPSA) is 35.5 Å². The van der Waals surface area contributed by atoms with Crippen LogP contribution in [0.15, 0.2) is 60.7 Å². The van der Waals surface area contributed by atoms with Crippen LogP contribution in [0.2, 0.25) is 0 Å². The molecule has 0 aromatic heterocycles. The Hall–Kier alpha value is -1.97. The Bertz CT molecular complexity index is 780. The van der Waals surface area contributed by atoms with Gasteiger partial charge in [-0.1, -0.05) is 164 Å². The molecule has 0 bridgehead atoms. The Morgan fingerprint density at radius 2 is 0.919 bits per heavy atom. The molecular formula is C34H52O3. The van der Waals surface area contributed by atoms with Crippen molar-refractivity contribution in [1.29, 1.82) is 0 Å². The molecule has 0 saturated carbocycles. The Kier molecular flexibility index (Phi) is 16.9. The lowest BCUT2D eigenvalue weighted by molar-refractivity contribution is -0.211. The summed E-state index contributed by atoms with van der Waals surface area (Å²) in [6.07, 6.45) is 19.6. The van der Waals surface area contributed by atoms with Gasteiger partial charge in [-0.2, -0.15) is 0 Å². The van der Waals surface area contributed by atoms with Gasteiger partial charge in [0.1, 0.15) is 0 Å². The fraction of sp³-hybridized carbons (Fsp3) is 0.618. The van der Waals surface area contributed by atoms with Crippen molar-refractivity contribution in [1.82, 2.24) is 0 Å². The molecule has 3 heteroatoms. The molecule has 0 saturated heterocycles. The van der Waals surface area contributed by atoms with E-state index in [-0.39, 0.29) is 5.78 Å². The summed E-state index contributed by atoms with van der Waals surface area (Å²) in [6.45, 7) is 5.54. The van der Waals surface area contributed by atoms with Crippen molar-refractivity contribution >= 4 is 5.78 Å². The zero-order valence-corrected chi connectivity index (χ0v) is 23.7. The lowest BCUT2D eigenvalue weighted by atomic mass is 9.95. The summed E-state index contributed by atoms with van der Waals surface area (Å²) in [5, 5.41) is 0. The summed E-state index contributed by atoms with van der Waals surface area (Å²) in [6, 6.07) is 19.3. The van der Waals surface area contributed by atoms with Crippen LogP contribution in [0.1, 0.15) is 133 Å². The number of ether oxygens (including phenoxy) is 2. The molecule has 2 aromatic carbocycles. The number of unbranched alkanes of at least 4 members (excludes halogenated alkanes) is 14. The minimum absolute atomic E-state index is 0.113. The largest absolute Gasteiger partial charge is 0.340 e. The summed E-state index contributed by atoms with van der Waals surface area (Å²) in [5.41, 5.74) is 1.40. The van der Waals surface area contributed by atoms with Crippen molar-refractivity contribution in [3.63, 3.8) is 0 Å². The molecule has 0 spiro atoms. The maximum Gasteiger partial charge on any atom is 0.261 e. The van der Waals surface area contributed by atoms with Gasteiger partial charge in [-0.25, -0.2) is 0 Å². The number of Topliss-reactive ketones (excluding diaryl/α,β-unsaturated/α-hetero) is 1. The van der Waals surface area contributed by atoms with E-state index >= 15 is 0 Å². The minimum Gasteiger partial charge on any atom is -0.340 e. The SMILES string of the molecule is CCCCCCCCCCOC(OCCCCCCCCCC)(C(=O)c1ccccc1)c1ccccc1. The molecule has 206 valence electrons. The van der Waals surface area contributed by atoms with E-state index in [0.29, 0.717) is 18.8 Å². The van der Waals surface area contributed by atoms with Gasteiger partial charge in [0, 0.05) is 11.1 Å². The zero-order valence-electron chi connectivity index (χ0n) is 23.7. The molecule has 0 amide bonds. The highest BCUT2D eigenvalue weighted by Crippen LogP contribution is 2.33. The number of carbonyl (C=O) groups is 1. The molecule has 37 heavy (non-hydrogen) atoms. The third-order valence-electron chi connectivity index (χ3n) is 7.10. The second-order valence-corrected chi connectivity index (χ2v) is 10.3. The summed E-state index contributed by atoms with van der Waals surface area (Å²) in [4.78, 5) is 14.0. The standard InChI is InChI=1S/C34H52O3/c1-3-5-7-9-11-13-15-23-29-36-34(32-27-21-18-22-28-32,33(35)31-25-19-17-20-26-31)37-30-24-16-14-12-10-8-6-4-2/h17-22,25-28H,3-16,23-24,29-30H2,1-2H3. The molecule has 2 rings (SSSR count). The third kappa shape index (κ3) is 12.0. The van der Waals surface area contributed by atoms with E-state index in [9.17, 15) is 4.79 Å². The molecule has 0 atom stereocenters. The van der Waals surface area contributed by atoms with Gasteiger partial charge in [-0.05, 0) is 12.8 Å². The molecule has 0 N–H and O–H groups in total. The van der Waals surface area contributed by atoms with E-state index in [0.717, 1.165) is 31.2 Å². The summed E-state index contributed by atoms with van der Waals surface area (Å²) in [7, 11) is 0. The number of benzene rings is 2. The van der Waals surface area contributed by atoms with Crippen molar-refractivity contribution in [2.75, 3.05) is 13.2 Å². The fourth-order valence-electron chi connectivity index (χ4n) is 4.81. The van der Waals surface area contributed by atoms with Gasteiger partial charge in [0.05, 0.1) is 13.2 Å². The second kappa shape index (κ2) is 20.1. The summed E-state index contributed by atoms with van der Waals surface area (Å²) >= 11 is 0. The summed E-state index contributed by atoms with van der Waals surface area (Å²) < 4.78 is 13.0. The van der Waals surface area contributed by atoms with Crippen molar-refractivity contribution in [2.45, 2.75) is 122 Å². The van der Waals surface area contributed by atoms with Gasteiger partial charge in [-0.15, -0.1) is 0 Å². The van der Waals surface area contributed by atoms with E-state index < -0.39 is 5.79 Å². The molecule has 0 aliphatic rings. The number of hydrogen-bond donors (Lipinski definition) is 0. The normalized spacial score (nSPS) is 11.6. The van der Waals surface area contributed by atoms with Crippen molar-refractivity contribution < 1.29 is 14.3 Å². The van der Waals surface area contributed by atoms with E-state index in [1.165, 1.54) is 77.0 Å². The van der Waals surface area contributed by atoms with Crippen LogP contribution < -0.4 is 0 Å².